The zero-order chi connectivity index (χ0) is 16.7. The van der Waals surface area contributed by atoms with E-state index >= 15 is 0 Å². The van der Waals surface area contributed by atoms with Crippen molar-refractivity contribution in [2.24, 2.45) is 0 Å². The molecule has 2 aliphatic rings. The van der Waals surface area contributed by atoms with Crippen molar-refractivity contribution in [3.8, 4) is 11.5 Å². The molecule has 0 bridgehead atoms. The summed E-state index contributed by atoms with van der Waals surface area (Å²) in [5, 5.41) is 9.77. The number of carboxylic acid groups (broad SMARTS) is 1. The fourth-order valence-electron chi connectivity index (χ4n) is 3.57. The third-order valence-corrected chi connectivity index (χ3v) is 5.08. The van der Waals surface area contributed by atoms with Crippen LogP contribution in [-0.4, -0.2) is 17.7 Å². The van der Waals surface area contributed by atoms with Crippen molar-refractivity contribution < 1.29 is 19.4 Å². The van der Waals surface area contributed by atoms with Gasteiger partial charge in [0.05, 0.1) is 13.0 Å². The lowest BCUT2D eigenvalue weighted by molar-refractivity contribution is -0.137. The minimum Gasteiger partial charge on any atom is -0.492 e. The van der Waals surface area contributed by atoms with Gasteiger partial charge in [-0.15, -0.1) is 0 Å². The van der Waals surface area contributed by atoms with Gasteiger partial charge in [0, 0.05) is 22.6 Å². The summed E-state index contributed by atoms with van der Waals surface area (Å²) in [6.07, 6.45) is 1.90. The molecule has 0 radical (unpaired) electrons. The Labute approximate surface area is 145 Å². The van der Waals surface area contributed by atoms with Crippen LogP contribution < -0.4 is 9.47 Å². The monoisotopic (exact) mass is 344 g/mol. The van der Waals surface area contributed by atoms with Gasteiger partial charge in [-0.3, -0.25) is 4.79 Å². The highest BCUT2D eigenvalue weighted by Gasteiger charge is 2.29. The van der Waals surface area contributed by atoms with Crippen LogP contribution in [0.5, 0.6) is 11.5 Å². The number of ether oxygens (including phenoxy) is 2. The predicted molar refractivity (Wildman–Crippen MR) is 90.1 cm³/mol. The molecule has 0 fully saturated rings. The maximum Gasteiger partial charge on any atom is 0.304 e. The van der Waals surface area contributed by atoms with Gasteiger partial charge in [-0.2, -0.15) is 0 Å². The molecule has 1 aliphatic heterocycles. The van der Waals surface area contributed by atoms with Crippen molar-refractivity contribution in [3.63, 3.8) is 0 Å². The average molecular weight is 345 g/mol. The van der Waals surface area contributed by atoms with Crippen LogP contribution in [0.3, 0.4) is 0 Å². The first-order valence-corrected chi connectivity index (χ1v) is 8.42. The van der Waals surface area contributed by atoms with E-state index in [0.717, 1.165) is 40.5 Å². The number of fused-ring (bicyclic) bond motifs is 2. The van der Waals surface area contributed by atoms with Crippen LogP contribution in [0.1, 0.15) is 41.6 Å². The highest BCUT2D eigenvalue weighted by atomic mass is 35.5. The lowest BCUT2D eigenvalue weighted by atomic mass is 9.98. The van der Waals surface area contributed by atoms with Crippen LogP contribution in [-0.2, 0) is 11.2 Å². The van der Waals surface area contributed by atoms with Gasteiger partial charge in [0.2, 0.25) is 0 Å². The number of hydrogen-bond donors (Lipinski definition) is 1. The summed E-state index contributed by atoms with van der Waals surface area (Å²) >= 11 is 6.25. The highest BCUT2D eigenvalue weighted by molar-refractivity contribution is 6.31. The highest BCUT2D eigenvalue weighted by Crippen LogP contribution is 2.42. The smallest absolute Gasteiger partial charge is 0.304 e. The number of carboxylic acids is 1. The van der Waals surface area contributed by atoms with Gasteiger partial charge >= 0.3 is 5.97 Å². The number of aliphatic carboxylic acids is 1. The average Bonchev–Trinajstić information content (AvgIpc) is 3.13. The van der Waals surface area contributed by atoms with Gasteiger partial charge in [0.15, 0.2) is 0 Å². The lowest BCUT2D eigenvalue weighted by Crippen LogP contribution is -2.07. The topological polar surface area (TPSA) is 55.8 Å². The van der Waals surface area contributed by atoms with Crippen molar-refractivity contribution in [2.45, 2.75) is 31.3 Å². The fourth-order valence-corrected chi connectivity index (χ4v) is 3.84. The van der Waals surface area contributed by atoms with Crippen molar-refractivity contribution in [1.29, 1.82) is 0 Å². The first-order chi connectivity index (χ1) is 11.6. The lowest BCUT2D eigenvalue weighted by Gasteiger charge is -2.16. The quantitative estimate of drug-likeness (QED) is 0.895. The molecule has 124 valence electrons. The van der Waals surface area contributed by atoms with Crippen molar-refractivity contribution in [1.82, 2.24) is 0 Å². The minimum absolute atomic E-state index is 0.00651. The van der Waals surface area contributed by atoms with E-state index in [4.69, 9.17) is 26.2 Å². The number of halogens is 1. The minimum atomic E-state index is -0.809. The van der Waals surface area contributed by atoms with Crippen LogP contribution in [0, 0.1) is 0 Å². The Balaban J connectivity index is 1.54. The molecule has 0 spiro atoms. The molecule has 1 N–H and O–H groups in total. The molecule has 0 amide bonds. The van der Waals surface area contributed by atoms with Gasteiger partial charge in [0.25, 0.3) is 0 Å². The van der Waals surface area contributed by atoms with Gasteiger partial charge in [-0.25, -0.2) is 0 Å². The number of hydrogen-bond acceptors (Lipinski definition) is 3. The van der Waals surface area contributed by atoms with E-state index in [1.54, 1.807) is 0 Å². The maximum atomic E-state index is 10.9. The molecule has 1 aliphatic carbocycles. The molecular formula is C19H17ClO4. The zero-order valence-corrected chi connectivity index (χ0v) is 13.8. The summed E-state index contributed by atoms with van der Waals surface area (Å²) in [5.41, 5.74) is 3.26. The molecule has 0 saturated carbocycles. The second-order valence-electron chi connectivity index (χ2n) is 6.26. The molecule has 2 atom stereocenters. The zero-order valence-electron chi connectivity index (χ0n) is 13.0. The number of rotatable bonds is 4. The third kappa shape index (κ3) is 2.71. The first-order valence-electron chi connectivity index (χ1n) is 8.04. The van der Waals surface area contributed by atoms with E-state index < -0.39 is 5.97 Å². The van der Waals surface area contributed by atoms with E-state index in [2.05, 4.69) is 6.07 Å². The largest absolute Gasteiger partial charge is 0.492 e. The standard InChI is InChI=1S/C19H17ClO4/c20-16-3-1-2-15-14(16)6-7-17(15)24-12-4-5-13-11(8-19(21)22)10-23-18(13)9-12/h1-5,9,11,17H,6-8,10H2,(H,21,22)/t11-,17-/m1/s1. The second kappa shape index (κ2) is 6.02. The summed E-state index contributed by atoms with van der Waals surface area (Å²) in [6.45, 7) is 0.410. The van der Waals surface area contributed by atoms with Gasteiger partial charge in [-0.1, -0.05) is 29.8 Å². The molecule has 2 aromatic carbocycles. The first kappa shape index (κ1) is 15.3. The predicted octanol–water partition coefficient (Wildman–Crippen LogP) is 4.36. The van der Waals surface area contributed by atoms with Crippen LogP contribution in [0.2, 0.25) is 5.02 Å². The molecule has 0 aromatic heterocycles. The Morgan fingerprint density at radius 3 is 3.00 bits per heavy atom. The van der Waals surface area contributed by atoms with Crippen LogP contribution in [0.4, 0.5) is 0 Å². The summed E-state index contributed by atoms with van der Waals surface area (Å²) in [7, 11) is 0. The third-order valence-electron chi connectivity index (χ3n) is 4.72. The van der Waals surface area contributed by atoms with E-state index in [-0.39, 0.29) is 18.4 Å². The Kier molecular flexibility index (Phi) is 3.85. The fraction of sp³-hybridized carbons (Fsp3) is 0.316. The normalized spacial score (nSPS) is 21.0. The van der Waals surface area contributed by atoms with E-state index in [1.165, 1.54) is 5.56 Å². The van der Waals surface area contributed by atoms with Crippen molar-refractivity contribution in [3.05, 3.63) is 58.1 Å². The van der Waals surface area contributed by atoms with E-state index in [1.807, 2.05) is 30.3 Å². The molecule has 0 saturated heterocycles. The van der Waals surface area contributed by atoms with Gasteiger partial charge in [0.1, 0.15) is 17.6 Å². The van der Waals surface area contributed by atoms with E-state index in [9.17, 15) is 4.79 Å². The van der Waals surface area contributed by atoms with Gasteiger partial charge < -0.3 is 14.6 Å². The molecular weight excluding hydrogens is 328 g/mol. The number of benzene rings is 2. The molecule has 0 unspecified atom stereocenters. The van der Waals surface area contributed by atoms with E-state index in [0.29, 0.717) is 6.61 Å². The Bertz CT molecular complexity index is 802. The Hall–Kier alpha value is -2.20. The Morgan fingerprint density at radius 2 is 2.17 bits per heavy atom. The SMILES string of the molecule is O=C(O)C[C@@H]1COc2cc(O[C@@H]3CCc4c(Cl)cccc43)ccc21. The van der Waals surface area contributed by atoms with Crippen LogP contribution in [0.25, 0.3) is 0 Å². The summed E-state index contributed by atoms with van der Waals surface area (Å²) < 4.78 is 11.8. The molecule has 5 heteroatoms. The Morgan fingerprint density at radius 1 is 1.29 bits per heavy atom. The second-order valence-corrected chi connectivity index (χ2v) is 6.67. The summed E-state index contributed by atoms with van der Waals surface area (Å²) in [5.74, 6) is 0.569. The van der Waals surface area contributed by atoms with Crippen molar-refractivity contribution >= 4 is 17.6 Å². The maximum absolute atomic E-state index is 10.9. The molecule has 4 rings (SSSR count). The summed E-state index contributed by atoms with van der Waals surface area (Å²) in [6, 6.07) is 11.6. The number of carbonyl (C=O) groups is 1. The molecule has 1 heterocycles. The van der Waals surface area contributed by atoms with Crippen LogP contribution >= 0.6 is 11.6 Å². The summed E-state index contributed by atoms with van der Waals surface area (Å²) in [4.78, 5) is 10.9. The van der Waals surface area contributed by atoms with Crippen LogP contribution in [0.15, 0.2) is 36.4 Å². The molecule has 4 nitrogen and oxygen atoms in total. The molecule has 2 aromatic rings. The molecule has 24 heavy (non-hydrogen) atoms. The van der Waals surface area contributed by atoms with Crippen molar-refractivity contribution in [2.75, 3.05) is 6.61 Å². The van der Waals surface area contributed by atoms with Gasteiger partial charge in [-0.05, 0) is 36.1 Å².